The maximum atomic E-state index is 12.8. The fourth-order valence-corrected chi connectivity index (χ4v) is 5.51. The minimum Gasteiger partial charge on any atom is -0.462 e. The van der Waals surface area contributed by atoms with Crippen LogP contribution in [0.2, 0.25) is 5.02 Å². The number of amidine groups is 1. The van der Waals surface area contributed by atoms with Crippen molar-refractivity contribution in [3.05, 3.63) is 101 Å². The number of hydrogen-bond donors (Lipinski definition) is 1. The second-order valence-electron chi connectivity index (χ2n) is 8.92. The summed E-state index contributed by atoms with van der Waals surface area (Å²) in [6.07, 6.45) is 0.581. The van der Waals surface area contributed by atoms with Crippen LogP contribution in [0.15, 0.2) is 89.0 Å². The number of ether oxygens (including phenoxy) is 1. The molecule has 1 N–H and O–H groups in total. The van der Waals surface area contributed by atoms with Crippen molar-refractivity contribution in [2.24, 2.45) is 10.1 Å². The van der Waals surface area contributed by atoms with E-state index in [9.17, 15) is 14.4 Å². The van der Waals surface area contributed by atoms with Gasteiger partial charge in [-0.05, 0) is 54.4 Å². The Morgan fingerprint density at radius 1 is 1.05 bits per heavy atom. The van der Waals surface area contributed by atoms with E-state index in [-0.39, 0.29) is 30.9 Å². The molecule has 0 saturated heterocycles. The maximum absolute atomic E-state index is 12.8. The van der Waals surface area contributed by atoms with Gasteiger partial charge in [0.15, 0.2) is 5.17 Å². The van der Waals surface area contributed by atoms with Crippen molar-refractivity contribution in [2.45, 2.75) is 31.1 Å². The number of anilines is 1. The highest BCUT2D eigenvalue weighted by atomic mass is 35.5. The zero-order valence-electron chi connectivity index (χ0n) is 21.0. The Morgan fingerprint density at radius 3 is 2.46 bits per heavy atom. The monoisotopic (exact) mass is 560 g/mol. The number of rotatable bonds is 7. The lowest BCUT2D eigenvalue weighted by Crippen LogP contribution is -2.25. The number of hydrogen-bond acceptors (Lipinski definition) is 7. The lowest BCUT2D eigenvalue weighted by Gasteiger charge is -2.23. The Bertz CT molecular complexity index is 1440. The van der Waals surface area contributed by atoms with E-state index in [0.29, 0.717) is 27.9 Å². The molecule has 3 aromatic carbocycles. The summed E-state index contributed by atoms with van der Waals surface area (Å²) in [5.41, 5.74) is 3.80. The van der Waals surface area contributed by atoms with Crippen molar-refractivity contribution in [2.75, 3.05) is 11.9 Å². The van der Waals surface area contributed by atoms with Crippen LogP contribution in [0, 0.1) is 0 Å². The molecule has 2 atom stereocenters. The van der Waals surface area contributed by atoms with Gasteiger partial charge in [-0.25, -0.2) is 9.80 Å². The summed E-state index contributed by atoms with van der Waals surface area (Å²) in [6.45, 7) is 2.02. The van der Waals surface area contributed by atoms with Gasteiger partial charge in [0.1, 0.15) is 5.25 Å². The number of carbonyl (C=O) groups is 3. The Kier molecular flexibility index (Phi) is 8.09. The van der Waals surface area contributed by atoms with Gasteiger partial charge in [0.25, 0.3) is 5.91 Å². The van der Waals surface area contributed by atoms with E-state index in [4.69, 9.17) is 21.4 Å². The van der Waals surface area contributed by atoms with Crippen molar-refractivity contribution in [3.8, 4) is 0 Å². The highest BCUT2D eigenvalue weighted by molar-refractivity contribution is 8.15. The fraction of sp³-hybridized carbons (Fsp3) is 0.207. The predicted octanol–water partition coefficient (Wildman–Crippen LogP) is 5.69. The Labute approximate surface area is 235 Å². The van der Waals surface area contributed by atoms with Crippen LogP contribution in [0.5, 0.6) is 0 Å². The van der Waals surface area contributed by atoms with Gasteiger partial charge < -0.3 is 10.1 Å². The number of aliphatic imine (C=N–C) groups is 1. The molecule has 3 aromatic rings. The SMILES string of the molecule is CCOC(=O)c1ccc(NC(=O)CC2SC(N3N=C(c4ccccc4)CC3c3ccc(Cl)cc3)=NC2=O)cc1. The Morgan fingerprint density at radius 2 is 1.77 bits per heavy atom. The van der Waals surface area contributed by atoms with Gasteiger partial charge in [-0.2, -0.15) is 10.1 Å². The zero-order valence-corrected chi connectivity index (χ0v) is 22.6. The number of hydrazone groups is 1. The average molecular weight is 561 g/mol. The first-order valence-corrected chi connectivity index (χ1v) is 13.7. The summed E-state index contributed by atoms with van der Waals surface area (Å²) in [5.74, 6) is -1.13. The van der Waals surface area contributed by atoms with Crippen LogP contribution in [0.4, 0.5) is 5.69 Å². The molecule has 2 aliphatic rings. The molecule has 2 unspecified atom stereocenters. The van der Waals surface area contributed by atoms with E-state index in [0.717, 1.165) is 16.8 Å². The second kappa shape index (κ2) is 11.8. The fourth-order valence-electron chi connectivity index (χ4n) is 4.33. The van der Waals surface area contributed by atoms with Crippen LogP contribution in [-0.2, 0) is 14.3 Å². The summed E-state index contributed by atoms with van der Waals surface area (Å²) in [4.78, 5) is 41.7. The van der Waals surface area contributed by atoms with E-state index in [1.165, 1.54) is 11.8 Å². The smallest absolute Gasteiger partial charge is 0.338 e. The lowest BCUT2D eigenvalue weighted by atomic mass is 9.99. The second-order valence-corrected chi connectivity index (χ2v) is 10.5. The van der Waals surface area contributed by atoms with E-state index in [1.807, 2.05) is 54.6 Å². The number of nitrogens with one attached hydrogen (secondary N) is 1. The van der Waals surface area contributed by atoms with Gasteiger partial charge in [-0.1, -0.05) is 65.8 Å². The van der Waals surface area contributed by atoms with Crippen LogP contribution in [0.1, 0.15) is 47.3 Å². The Hall–Kier alpha value is -3.95. The molecule has 0 spiro atoms. The summed E-state index contributed by atoms with van der Waals surface area (Å²) < 4.78 is 4.98. The Balaban J connectivity index is 1.28. The van der Waals surface area contributed by atoms with Crippen molar-refractivity contribution in [3.63, 3.8) is 0 Å². The number of halogens is 1. The molecule has 0 aliphatic carbocycles. The normalized spacial score (nSPS) is 18.5. The molecule has 5 rings (SSSR count). The molecule has 0 aromatic heterocycles. The number of carbonyl (C=O) groups excluding carboxylic acids is 3. The molecule has 0 saturated carbocycles. The van der Waals surface area contributed by atoms with E-state index < -0.39 is 11.2 Å². The topological polar surface area (TPSA) is 100 Å². The molecule has 8 nitrogen and oxygen atoms in total. The summed E-state index contributed by atoms with van der Waals surface area (Å²) in [5, 5.41) is 9.83. The molecule has 2 amide bonds. The van der Waals surface area contributed by atoms with Crippen molar-refractivity contribution in [1.29, 1.82) is 0 Å². The first-order valence-electron chi connectivity index (χ1n) is 12.4. The van der Waals surface area contributed by atoms with E-state index in [1.54, 1.807) is 36.2 Å². The van der Waals surface area contributed by atoms with Gasteiger partial charge in [-0.15, -0.1) is 0 Å². The largest absolute Gasteiger partial charge is 0.462 e. The summed E-state index contributed by atoms with van der Waals surface area (Å²) in [6, 6.07) is 23.7. The highest BCUT2D eigenvalue weighted by Gasteiger charge is 2.39. The molecule has 0 fully saturated rings. The van der Waals surface area contributed by atoms with Crippen molar-refractivity contribution < 1.29 is 19.1 Å². The van der Waals surface area contributed by atoms with Crippen molar-refractivity contribution >= 4 is 57.7 Å². The van der Waals surface area contributed by atoms with Gasteiger partial charge in [-0.3, -0.25) is 9.59 Å². The third-order valence-electron chi connectivity index (χ3n) is 6.25. The molecular formula is C29H25ClN4O4S. The standard InChI is InChI=1S/C29H25ClN4O4S/c1-2-38-28(37)20-10-14-22(15-11-20)31-26(35)17-25-27(36)32-29(39-25)34-24(19-8-12-21(30)13-9-19)16-23(33-34)18-6-4-3-5-7-18/h3-15,24-25H,2,16-17H2,1H3,(H,31,35). The van der Waals surface area contributed by atoms with Gasteiger partial charge in [0.05, 0.1) is 23.9 Å². The lowest BCUT2D eigenvalue weighted by molar-refractivity contribution is -0.121. The third-order valence-corrected chi connectivity index (χ3v) is 7.64. The maximum Gasteiger partial charge on any atom is 0.338 e. The zero-order chi connectivity index (χ0) is 27.4. The molecule has 2 aliphatic heterocycles. The van der Waals surface area contributed by atoms with Gasteiger partial charge in [0.2, 0.25) is 5.91 Å². The molecule has 198 valence electrons. The summed E-state index contributed by atoms with van der Waals surface area (Å²) in [7, 11) is 0. The molecule has 2 heterocycles. The van der Waals surface area contributed by atoms with E-state index in [2.05, 4.69) is 10.3 Å². The van der Waals surface area contributed by atoms with E-state index >= 15 is 0 Å². The number of esters is 1. The number of amides is 2. The van der Waals surface area contributed by atoms with Gasteiger partial charge in [0, 0.05) is 23.6 Å². The predicted molar refractivity (Wildman–Crippen MR) is 153 cm³/mol. The minimum atomic E-state index is -0.666. The number of nitrogens with zero attached hydrogens (tertiary/aromatic N) is 3. The van der Waals surface area contributed by atoms with Crippen molar-refractivity contribution in [1.82, 2.24) is 5.01 Å². The first-order chi connectivity index (χ1) is 18.9. The van der Waals surface area contributed by atoms with Crippen LogP contribution in [0.3, 0.4) is 0 Å². The number of benzene rings is 3. The number of thioether (sulfide) groups is 1. The molecular weight excluding hydrogens is 536 g/mol. The minimum absolute atomic E-state index is 0.0508. The quantitative estimate of drug-likeness (QED) is 0.372. The average Bonchev–Trinajstić information content (AvgIpc) is 3.54. The molecule has 10 heteroatoms. The van der Waals surface area contributed by atoms with Crippen LogP contribution < -0.4 is 5.32 Å². The van der Waals surface area contributed by atoms with Crippen LogP contribution in [0.25, 0.3) is 0 Å². The molecule has 39 heavy (non-hydrogen) atoms. The van der Waals surface area contributed by atoms with Crippen LogP contribution in [-0.4, -0.2) is 45.5 Å². The molecule has 0 bridgehead atoms. The van der Waals surface area contributed by atoms with Crippen LogP contribution >= 0.6 is 23.4 Å². The summed E-state index contributed by atoms with van der Waals surface area (Å²) >= 11 is 7.35. The third kappa shape index (κ3) is 6.21. The first kappa shape index (κ1) is 26.6. The van der Waals surface area contributed by atoms with Gasteiger partial charge >= 0.3 is 5.97 Å². The highest BCUT2D eigenvalue weighted by Crippen LogP contribution is 2.38. The molecule has 0 radical (unpaired) electrons.